The topological polar surface area (TPSA) is 54.5 Å². The molecule has 4 nitrogen and oxygen atoms in total. The molecule has 0 fully saturated rings. The van der Waals surface area contributed by atoms with Crippen LogP contribution < -0.4 is 20.7 Å². The second-order valence-corrected chi connectivity index (χ2v) is 38.8. The molecule has 0 spiro atoms. The van der Waals surface area contributed by atoms with Crippen molar-refractivity contribution in [2.24, 2.45) is 0 Å². The average Bonchev–Trinajstić information content (AvgIpc) is 1.54. The number of para-hydroxylation sites is 1. The Morgan fingerprint density at radius 3 is 0.832 bits per heavy atom. The molecular formula is C126H88N4Si. The van der Waals surface area contributed by atoms with E-state index < -0.39 is 13.5 Å². The van der Waals surface area contributed by atoms with Crippen LogP contribution in [0.1, 0.15) is 25.0 Å². The summed E-state index contributed by atoms with van der Waals surface area (Å²) >= 11 is 0. The first-order valence-corrected chi connectivity index (χ1v) is 47.1. The summed E-state index contributed by atoms with van der Waals surface area (Å²) in [5, 5.41) is 7.24. The fourth-order valence-corrected chi connectivity index (χ4v) is 25.0. The van der Waals surface area contributed by atoms with Crippen LogP contribution in [-0.4, -0.2) is 28.0 Å². The summed E-state index contributed by atoms with van der Waals surface area (Å²) in [6.07, 6.45) is 0. The van der Waals surface area contributed by atoms with Crippen LogP contribution in [0, 0.1) is 0 Å². The van der Waals surface area contributed by atoms with Gasteiger partial charge in [0, 0.05) is 38.4 Å². The molecule has 0 radical (unpaired) electrons. The van der Waals surface area contributed by atoms with Crippen LogP contribution in [0.15, 0.2) is 491 Å². The first-order chi connectivity index (χ1) is 64.6. The summed E-state index contributed by atoms with van der Waals surface area (Å²) in [4.78, 5) is 20.5. The molecule has 23 rings (SSSR count). The molecule has 0 bridgehead atoms. The number of rotatable bonds is 19. The summed E-state index contributed by atoms with van der Waals surface area (Å²) in [6, 6.07) is 182. The zero-order valence-corrected chi connectivity index (χ0v) is 73.6. The van der Waals surface area contributed by atoms with E-state index in [9.17, 15) is 0 Å². The summed E-state index contributed by atoms with van der Waals surface area (Å²) in [5.74, 6) is 1.83. The predicted molar refractivity (Wildman–Crippen MR) is 552 cm³/mol. The third kappa shape index (κ3) is 14.9. The van der Waals surface area contributed by atoms with Crippen molar-refractivity contribution in [3.63, 3.8) is 0 Å². The Bertz CT molecular complexity index is 7610. The maximum Gasteiger partial charge on any atom is 0.179 e. The van der Waals surface area contributed by atoms with Crippen molar-refractivity contribution in [3.8, 4) is 179 Å². The van der Waals surface area contributed by atoms with Gasteiger partial charge >= 0.3 is 0 Å². The largest absolute Gasteiger partial charge is 0.354 e. The molecule has 0 unspecified atom stereocenters. The average molecular weight is 1690 g/mol. The molecule has 131 heavy (non-hydrogen) atoms. The molecule has 0 atom stereocenters. The quantitative estimate of drug-likeness (QED) is 0.0648. The molecule has 0 saturated carbocycles. The van der Waals surface area contributed by atoms with Crippen molar-refractivity contribution in [2.75, 3.05) is 0 Å². The summed E-state index contributed by atoms with van der Waals surface area (Å²) in [5.41, 5.74) is 36.6. The van der Waals surface area contributed by atoms with E-state index in [1.165, 1.54) is 98.6 Å². The molecule has 2 heterocycles. The van der Waals surface area contributed by atoms with E-state index in [0.717, 1.165) is 116 Å². The molecule has 2 aromatic heterocycles. The highest BCUT2D eigenvalue weighted by molar-refractivity contribution is 7.20. The van der Waals surface area contributed by atoms with E-state index in [4.69, 9.17) is 15.0 Å². The van der Waals surface area contributed by atoms with Gasteiger partial charge in [-0.05, 0) is 261 Å². The Kier molecular flexibility index (Phi) is 20.3. The van der Waals surface area contributed by atoms with E-state index in [0.29, 0.717) is 17.5 Å². The van der Waals surface area contributed by atoms with Gasteiger partial charge < -0.3 is 4.98 Å². The monoisotopic (exact) mass is 1680 g/mol. The lowest BCUT2D eigenvalue weighted by Crippen LogP contribution is -2.74. The second kappa shape index (κ2) is 33.6. The smallest absolute Gasteiger partial charge is 0.179 e. The predicted octanol–water partition coefficient (Wildman–Crippen LogP) is 30.2. The Morgan fingerprint density at radius 1 is 0.191 bits per heavy atom. The number of nitrogens with one attached hydrogen (secondary N) is 1. The van der Waals surface area contributed by atoms with Gasteiger partial charge in [-0.1, -0.05) is 420 Å². The molecule has 1 aliphatic rings. The lowest BCUT2D eigenvalue weighted by Gasteiger charge is -2.36. The van der Waals surface area contributed by atoms with Crippen molar-refractivity contribution in [1.82, 2.24) is 19.9 Å². The molecular weight excluding hydrogens is 1600 g/mol. The number of hydrogen-bond donors (Lipinski definition) is 1. The number of fused-ring (bicyclic) bond motifs is 6. The summed E-state index contributed by atoms with van der Waals surface area (Å²) in [7, 11) is -3.71. The second-order valence-electron chi connectivity index (χ2n) is 35.0. The van der Waals surface area contributed by atoms with Crippen molar-refractivity contribution in [3.05, 3.63) is 503 Å². The minimum absolute atomic E-state index is 0.610. The number of aromatic nitrogens is 4. The Hall–Kier alpha value is -16.6. The van der Waals surface area contributed by atoms with Crippen molar-refractivity contribution >= 4 is 50.6 Å². The van der Waals surface area contributed by atoms with Crippen LogP contribution in [0.5, 0.6) is 0 Å². The highest BCUT2D eigenvalue weighted by atomic mass is 28.3. The number of H-pyrrole nitrogens is 1. The van der Waals surface area contributed by atoms with Gasteiger partial charge in [-0.2, -0.15) is 0 Å². The number of hydrogen-bond acceptors (Lipinski definition) is 3. The van der Waals surface area contributed by atoms with E-state index in [1.807, 2.05) is 12.1 Å². The fourth-order valence-electron chi connectivity index (χ4n) is 20.2. The Balaban J connectivity index is 0.753. The van der Waals surface area contributed by atoms with Crippen molar-refractivity contribution < 1.29 is 0 Å². The molecule has 20 aromatic carbocycles. The van der Waals surface area contributed by atoms with Crippen LogP contribution in [0.2, 0.25) is 0 Å². The van der Waals surface area contributed by atoms with Gasteiger partial charge in [0.05, 0.1) is 5.52 Å². The Labute approximate surface area is 765 Å². The zero-order valence-electron chi connectivity index (χ0n) is 72.6. The van der Waals surface area contributed by atoms with Gasteiger partial charge in [-0.3, -0.25) is 0 Å². The third-order valence-electron chi connectivity index (χ3n) is 26.7. The Morgan fingerprint density at radius 2 is 0.458 bits per heavy atom. The molecule has 1 aliphatic carbocycles. The minimum atomic E-state index is -3.71. The minimum Gasteiger partial charge on any atom is -0.354 e. The normalized spacial score (nSPS) is 12.1. The van der Waals surface area contributed by atoms with Gasteiger partial charge in [0.15, 0.2) is 25.5 Å². The van der Waals surface area contributed by atoms with E-state index in [1.54, 1.807) is 0 Å². The maximum absolute atomic E-state index is 5.62. The van der Waals surface area contributed by atoms with Gasteiger partial charge in [0.25, 0.3) is 0 Å². The standard InChI is InChI=1S/C126H88N4Si/c1-126(2)118-82-113(66-67-114(118)116-83-117-115-60-27-28-61-119(115)127-122(117)120(121(116)126)125-129-123(91-46-23-9-24-47-91)128-124(130-125)92-48-25-10-26-49-92)131(110-64-62-90(63-65-110)93-50-29-53-96(68-93)107-74-101(84-34-11-3-12-35-84)71-102(75-107)85-36-13-4-14-37-85,111-58-32-56-99(80-111)94-51-30-54-97(69-94)108-76-103(86-38-15-5-16-39-86)72-104(77-108)87-40-17-6-18-41-87)112-59-33-57-100(81-112)95-52-31-55-98(70-95)109-78-105(88-42-19-7-20-43-88)73-106(79-109)89-44-21-8-22-45-89/h3-83,127H,1-2H3. The van der Waals surface area contributed by atoms with E-state index in [-0.39, 0.29) is 0 Å². The van der Waals surface area contributed by atoms with Crippen LogP contribution >= 0.6 is 0 Å². The molecule has 0 amide bonds. The first-order valence-electron chi connectivity index (χ1n) is 45.1. The van der Waals surface area contributed by atoms with Crippen molar-refractivity contribution in [2.45, 2.75) is 19.3 Å². The third-order valence-corrected chi connectivity index (χ3v) is 31.4. The molecule has 1 N–H and O–H groups in total. The molecule has 5 heteroatoms. The van der Waals surface area contributed by atoms with Crippen LogP contribution in [0.3, 0.4) is 0 Å². The molecule has 616 valence electrons. The number of benzene rings is 20. The van der Waals surface area contributed by atoms with Gasteiger partial charge in [0.1, 0.15) is 0 Å². The SMILES string of the molecule is CC1(C)c2cc([Si](c3ccc(-c4cccc(-c5cc(-c6ccccc6)cc(-c6ccccc6)c5)c4)cc3)(c3cccc(-c4cccc(-c5cc(-c6ccccc6)cc(-c6ccccc6)c5)c4)c3)c3cccc(-c4cccc(-c5cc(-c6ccccc6)cc(-c6ccccc6)c5)c4)c3)ccc2-c2cc3c([nH]c4ccccc43)c(-c3nc(-c4ccccc4)nc(-c4ccccc4)n3)c21. The van der Waals surface area contributed by atoms with Gasteiger partial charge in [-0.25, -0.2) is 15.0 Å². The molecule has 0 saturated heterocycles. The molecule has 0 aliphatic heterocycles. The highest BCUT2D eigenvalue weighted by Gasteiger charge is 2.46. The summed E-state index contributed by atoms with van der Waals surface area (Å²) in [6.45, 7) is 4.86. The van der Waals surface area contributed by atoms with Crippen LogP contribution in [0.25, 0.3) is 201 Å². The first kappa shape index (κ1) is 79.1. The zero-order chi connectivity index (χ0) is 87.4. The van der Waals surface area contributed by atoms with Gasteiger partial charge in [0.2, 0.25) is 0 Å². The van der Waals surface area contributed by atoms with E-state index >= 15 is 0 Å². The van der Waals surface area contributed by atoms with Crippen molar-refractivity contribution in [1.29, 1.82) is 0 Å². The highest BCUT2D eigenvalue weighted by Crippen LogP contribution is 2.55. The summed E-state index contributed by atoms with van der Waals surface area (Å²) < 4.78 is 0. The number of aromatic amines is 1. The van der Waals surface area contributed by atoms with Gasteiger partial charge in [-0.15, -0.1) is 0 Å². The van der Waals surface area contributed by atoms with Crippen LogP contribution in [0.4, 0.5) is 0 Å². The molecule has 22 aromatic rings. The maximum atomic E-state index is 5.62. The lowest BCUT2D eigenvalue weighted by molar-refractivity contribution is 0.662. The van der Waals surface area contributed by atoms with Crippen LogP contribution in [-0.2, 0) is 5.41 Å². The lowest BCUT2D eigenvalue weighted by atomic mass is 9.79. The van der Waals surface area contributed by atoms with E-state index in [2.05, 4.69) is 498 Å². The number of nitrogens with zero attached hydrogens (tertiary/aromatic N) is 3. The fraction of sp³-hybridized carbons (Fsp3) is 0.0238.